The molecule has 0 aliphatic carbocycles. The maximum Gasteiger partial charge on any atom is 0.127 e. The van der Waals surface area contributed by atoms with Crippen molar-refractivity contribution in [3.8, 4) is 5.75 Å². The predicted octanol–water partition coefficient (Wildman–Crippen LogP) is 2.66. The monoisotopic (exact) mass is 267 g/mol. The van der Waals surface area contributed by atoms with Crippen molar-refractivity contribution in [1.82, 2.24) is 0 Å². The van der Waals surface area contributed by atoms with E-state index >= 15 is 0 Å². The molecule has 0 aromatic heterocycles. The van der Waals surface area contributed by atoms with Crippen LogP contribution >= 0.6 is 0 Å². The highest BCUT2D eigenvalue weighted by Crippen LogP contribution is 2.29. The Morgan fingerprint density at radius 3 is 2.84 bits per heavy atom. The van der Waals surface area contributed by atoms with Gasteiger partial charge in [-0.3, -0.25) is 0 Å². The molecule has 2 N–H and O–H groups in total. The lowest BCUT2D eigenvalue weighted by Gasteiger charge is -2.19. The lowest BCUT2D eigenvalue weighted by molar-refractivity contribution is -0.0327. The van der Waals surface area contributed by atoms with Crippen LogP contribution in [0.5, 0.6) is 5.75 Å². The molecule has 2 rings (SSSR count). The zero-order valence-corrected chi connectivity index (χ0v) is 11.6. The zero-order chi connectivity index (χ0) is 13.9. The first kappa shape index (κ1) is 14.3. The highest BCUT2D eigenvalue weighted by molar-refractivity contribution is 5.29. The second-order valence-electron chi connectivity index (χ2n) is 5.68. The third-order valence-corrected chi connectivity index (χ3v) is 3.35. The van der Waals surface area contributed by atoms with E-state index in [1.54, 1.807) is 0 Å². The molecule has 3 nitrogen and oxygen atoms in total. The van der Waals surface area contributed by atoms with Gasteiger partial charge in [0.25, 0.3) is 0 Å². The molecule has 1 fully saturated rings. The van der Waals surface area contributed by atoms with Gasteiger partial charge in [0.1, 0.15) is 18.2 Å². The molecule has 0 bridgehead atoms. The van der Waals surface area contributed by atoms with E-state index in [1.165, 1.54) is 12.1 Å². The van der Waals surface area contributed by atoms with Gasteiger partial charge in [-0.1, -0.05) is 0 Å². The van der Waals surface area contributed by atoms with Crippen LogP contribution in [-0.4, -0.2) is 24.9 Å². The van der Waals surface area contributed by atoms with Crippen molar-refractivity contribution in [2.75, 3.05) is 13.2 Å². The molecule has 1 saturated heterocycles. The molecule has 1 heterocycles. The molecule has 19 heavy (non-hydrogen) atoms. The molecule has 0 saturated carbocycles. The Morgan fingerprint density at radius 2 is 2.21 bits per heavy atom. The summed E-state index contributed by atoms with van der Waals surface area (Å²) >= 11 is 0. The molecule has 0 amide bonds. The summed E-state index contributed by atoms with van der Waals surface area (Å²) < 4.78 is 24.9. The minimum absolute atomic E-state index is 0.0688. The van der Waals surface area contributed by atoms with E-state index < -0.39 is 0 Å². The average molecular weight is 267 g/mol. The van der Waals surface area contributed by atoms with Crippen molar-refractivity contribution in [2.24, 2.45) is 5.73 Å². The fourth-order valence-corrected chi connectivity index (χ4v) is 2.40. The number of nitrogens with two attached hydrogens (primary N) is 1. The summed E-state index contributed by atoms with van der Waals surface area (Å²) in [5, 5.41) is 0. The van der Waals surface area contributed by atoms with Crippen LogP contribution in [0, 0.1) is 5.82 Å². The summed E-state index contributed by atoms with van der Waals surface area (Å²) in [7, 11) is 0. The minimum Gasteiger partial charge on any atom is -0.491 e. The molecular weight excluding hydrogens is 245 g/mol. The Bertz CT molecular complexity index is 434. The number of benzene rings is 1. The van der Waals surface area contributed by atoms with Gasteiger partial charge in [-0.15, -0.1) is 0 Å². The lowest BCUT2D eigenvalue weighted by atomic mass is 10.1. The average Bonchev–Trinajstić information content (AvgIpc) is 2.66. The van der Waals surface area contributed by atoms with Crippen molar-refractivity contribution >= 4 is 0 Å². The van der Waals surface area contributed by atoms with E-state index in [0.717, 1.165) is 18.4 Å². The zero-order valence-electron chi connectivity index (χ0n) is 11.6. The number of ether oxygens (including phenoxy) is 2. The first-order valence-corrected chi connectivity index (χ1v) is 6.79. The normalized spacial score (nSPS) is 21.6. The van der Waals surface area contributed by atoms with Crippen molar-refractivity contribution < 1.29 is 13.9 Å². The Labute approximate surface area is 113 Å². The van der Waals surface area contributed by atoms with E-state index in [0.29, 0.717) is 25.3 Å². The molecule has 1 unspecified atom stereocenters. The lowest BCUT2D eigenvalue weighted by Crippen LogP contribution is -2.23. The third kappa shape index (κ3) is 4.18. The Hall–Kier alpha value is -1.13. The van der Waals surface area contributed by atoms with Crippen LogP contribution in [0.15, 0.2) is 18.2 Å². The van der Waals surface area contributed by atoms with Gasteiger partial charge in [0.15, 0.2) is 0 Å². The highest BCUT2D eigenvalue weighted by Gasteiger charge is 2.31. The molecule has 0 radical (unpaired) electrons. The van der Waals surface area contributed by atoms with Gasteiger partial charge in [0.2, 0.25) is 0 Å². The van der Waals surface area contributed by atoms with Gasteiger partial charge in [0, 0.05) is 6.07 Å². The summed E-state index contributed by atoms with van der Waals surface area (Å²) in [6.45, 7) is 5.13. The van der Waals surface area contributed by atoms with E-state index in [4.69, 9.17) is 15.2 Å². The molecule has 106 valence electrons. The van der Waals surface area contributed by atoms with Gasteiger partial charge >= 0.3 is 0 Å². The SMILES string of the molecule is CC1(C)CCC(COc2cc(F)cc(CCN)c2)O1. The quantitative estimate of drug-likeness (QED) is 0.892. The molecule has 1 aliphatic rings. The second kappa shape index (κ2) is 5.88. The van der Waals surface area contributed by atoms with Crippen molar-refractivity contribution in [3.63, 3.8) is 0 Å². The molecule has 1 aromatic carbocycles. The summed E-state index contributed by atoms with van der Waals surface area (Å²) in [6, 6.07) is 4.74. The second-order valence-corrected chi connectivity index (χ2v) is 5.68. The Kier molecular flexibility index (Phi) is 4.42. The summed E-state index contributed by atoms with van der Waals surface area (Å²) in [5.41, 5.74) is 6.28. The van der Waals surface area contributed by atoms with Crippen LogP contribution in [0.4, 0.5) is 4.39 Å². The molecule has 4 heteroatoms. The summed E-state index contributed by atoms with van der Waals surface area (Å²) in [6.07, 6.45) is 2.76. The van der Waals surface area contributed by atoms with Gasteiger partial charge < -0.3 is 15.2 Å². The Morgan fingerprint density at radius 1 is 1.42 bits per heavy atom. The number of hydrogen-bond donors (Lipinski definition) is 1. The maximum atomic E-state index is 13.4. The number of hydrogen-bond acceptors (Lipinski definition) is 3. The summed E-state index contributed by atoms with van der Waals surface area (Å²) in [5.74, 6) is 0.269. The van der Waals surface area contributed by atoms with E-state index in [-0.39, 0.29) is 17.5 Å². The fourth-order valence-electron chi connectivity index (χ4n) is 2.40. The van der Waals surface area contributed by atoms with Crippen LogP contribution in [0.25, 0.3) is 0 Å². The van der Waals surface area contributed by atoms with Gasteiger partial charge in [-0.25, -0.2) is 4.39 Å². The van der Waals surface area contributed by atoms with Crippen LogP contribution in [0.2, 0.25) is 0 Å². The molecule has 0 spiro atoms. The van der Waals surface area contributed by atoms with Crippen LogP contribution in [-0.2, 0) is 11.2 Å². The first-order chi connectivity index (χ1) is 8.98. The minimum atomic E-state index is -0.284. The summed E-state index contributed by atoms with van der Waals surface area (Å²) in [4.78, 5) is 0. The van der Waals surface area contributed by atoms with E-state index in [1.807, 2.05) is 6.07 Å². The first-order valence-electron chi connectivity index (χ1n) is 6.79. The van der Waals surface area contributed by atoms with E-state index in [9.17, 15) is 4.39 Å². The smallest absolute Gasteiger partial charge is 0.127 e. The molecular formula is C15H22FNO2. The van der Waals surface area contributed by atoms with Crippen LogP contribution in [0.3, 0.4) is 0 Å². The molecule has 1 aliphatic heterocycles. The van der Waals surface area contributed by atoms with Crippen LogP contribution < -0.4 is 10.5 Å². The van der Waals surface area contributed by atoms with E-state index in [2.05, 4.69) is 13.8 Å². The molecule has 1 atom stereocenters. The maximum absolute atomic E-state index is 13.4. The third-order valence-electron chi connectivity index (χ3n) is 3.35. The van der Waals surface area contributed by atoms with Gasteiger partial charge in [0.05, 0.1) is 11.7 Å². The Balaban J connectivity index is 1.92. The van der Waals surface area contributed by atoms with Crippen molar-refractivity contribution in [3.05, 3.63) is 29.6 Å². The fraction of sp³-hybridized carbons (Fsp3) is 0.600. The number of rotatable bonds is 5. The van der Waals surface area contributed by atoms with Gasteiger partial charge in [-0.05, 0) is 57.4 Å². The van der Waals surface area contributed by atoms with Crippen molar-refractivity contribution in [1.29, 1.82) is 0 Å². The predicted molar refractivity (Wildman–Crippen MR) is 72.8 cm³/mol. The standard InChI is InChI=1S/C15H22FNO2/c1-15(2)5-3-13(19-15)10-18-14-8-11(4-6-17)7-12(16)9-14/h7-9,13H,3-6,10,17H2,1-2H3. The highest BCUT2D eigenvalue weighted by atomic mass is 19.1. The largest absolute Gasteiger partial charge is 0.491 e. The number of halogens is 1. The van der Waals surface area contributed by atoms with Crippen molar-refractivity contribution in [2.45, 2.75) is 44.8 Å². The molecule has 1 aromatic rings. The van der Waals surface area contributed by atoms with Gasteiger partial charge in [-0.2, -0.15) is 0 Å². The topological polar surface area (TPSA) is 44.5 Å². The van der Waals surface area contributed by atoms with Crippen LogP contribution in [0.1, 0.15) is 32.3 Å².